The molecule has 0 saturated heterocycles. The molecule has 0 bridgehead atoms. The number of benzene rings is 2. The highest BCUT2D eigenvalue weighted by Gasteiger charge is 2.14. The minimum atomic E-state index is -0.716. The van der Waals surface area contributed by atoms with Crippen molar-refractivity contribution in [2.75, 3.05) is 6.54 Å². The molecule has 0 fully saturated rings. The third-order valence-electron chi connectivity index (χ3n) is 4.34. The molecule has 0 spiro atoms. The van der Waals surface area contributed by atoms with Gasteiger partial charge in [0.2, 0.25) is 0 Å². The average Bonchev–Trinajstić information content (AvgIpc) is 2.66. The third-order valence-corrected chi connectivity index (χ3v) is 4.34. The lowest BCUT2D eigenvalue weighted by Crippen LogP contribution is -2.31. The number of amides is 1. The van der Waals surface area contributed by atoms with E-state index in [4.69, 9.17) is 9.15 Å². The van der Waals surface area contributed by atoms with Crippen LogP contribution in [0.4, 0.5) is 4.39 Å². The van der Waals surface area contributed by atoms with E-state index < -0.39 is 29.9 Å². The minimum absolute atomic E-state index is 0.154. The van der Waals surface area contributed by atoms with Crippen LogP contribution in [0.25, 0.3) is 11.0 Å². The van der Waals surface area contributed by atoms with Gasteiger partial charge in [-0.1, -0.05) is 12.1 Å². The summed E-state index contributed by atoms with van der Waals surface area (Å²) in [5.41, 5.74) is 2.19. The number of carbonyl (C=O) groups is 2. The fourth-order valence-electron chi connectivity index (χ4n) is 2.70. The Labute approximate surface area is 159 Å². The van der Waals surface area contributed by atoms with Crippen molar-refractivity contribution in [1.29, 1.82) is 0 Å². The molecule has 28 heavy (non-hydrogen) atoms. The number of hydrogen-bond donors (Lipinski definition) is 1. The highest BCUT2D eigenvalue weighted by Crippen LogP contribution is 2.22. The van der Waals surface area contributed by atoms with Gasteiger partial charge in [0, 0.05) is 17.0 Å². The molecule has 0 aliphatic rings. The fraction of sp³-hybridized carbons (Fsp3) is 0.190. The summed E-state index contributed by atoms with van der Waals surface area (Å²) in [6.45, 7) is 3.25. The molecular weight excluding hydrogens is 365 g/mol. The molecule has 144 valence electrons. The lowest BCUT2D eigenvalue weighted by Gasteiger charge is -2.10. The SMILES string of the molecule is Cc1cc2oc(=O)cc(COC(=O)CNC(=O)c3ccccc3F)c2cc1C. The van der Waals surface area contributed by atoms with Gasteiger partial charge >= 0.3 is 11.6 Å². The number of nitrogens with one attached hydrogen (secondary N) is 1. The number of esters is 1. The van der Waals surface area contributed by atoms with Crippen LogP contribution in [-0.2, 0) is 16.1 Å². The van der Waals surface area contributed by atoms with Gasteiger partial charge in [-0.2, -0.15) is 0 Å². The number of hydrogen-bond acceptors (Lipinski definition) is 5. The van der Waals surface area contributed by atoms with Gasteiger partial charge in [-0.05, 0) is 49.2 Å². The Morgan fingerprint density at radius 3 is 2.57 bits per heavy atom. The summed E-state index contributed by atoms with van der Waals surface area (Å²) >= 11 is 0. The van der Waals surface area contributed by atoms with Gasteiger partial charge < -0.3 is 14.5 Å². The van der Waals surface area contributed by atoms with Crippen LogP contribution < -0.4 is 10.9 Å². The van der Waals surface area contributed by atoms with E-state index in [9.17, 15) is 18.8 Å². The van der Waals surface area contributed by atoms with Crippen LogP contribution in [0.1, 0.15) is 27.0 Å². The summed E-state index contributed by atoms with van der Waals surface area (Å²) < 4.78 is 23.9. The molecule has 1 N–H and O–H groups in total. The smallest absolute Gasteiger partial charge is 0.336 e. The van der Waals surface area contributed by atoms with Crippen molar-refractivity contribution < 1.29 is 23.1 Å². The molecule has 0 aliphatic heterocycles. The second-order valence-electron chi connectivity index (χ2n) is 6.35. The number of fused-ring (bicyclic) bond motifs is 1. The van der Waals surface area contributed by atoms with Crippen LogP contribution in [0, 0.1) is 19.7 Å². The second kappa shape index (κ2) is 8.04. The van der Waals surface area contributed by atoms with Crippen LogP contribution in [0.15, 0.2) is 51.7 Å². The topological polar surface area (TPSA) is 85.6 Å². The van der Waals surface area contributed by atoms with Gasteiger partial charge in [0.25, 0.3) is 5.91 Å². The van der Waals surface area contributed by atoms with Crippen molar-refractivity contribution in [2.24, 2.45) is 0 Å². The maximum atomic E-state index is 13.6. The van der Waals surface area contributed by atoms with Crippen molar-refractivity contribution in [1.82, 2.24) is 5.32 Å². The molecule has 1 heterocycles. The number of ether oxygens (including phenoxy) is 1. The van der Waals surface area contributed by atoms with E-state index in [0.717, 1.165) is 17.2 Å². The van der Waals surface area contributed by atoms with Gasteiger partial charge in [0.15, 0.2) is 0 Å². The zero-order chi connectivity index (χ0) is 20.3. The largest absolute Gasteiger partial charge is 0.459 e. The molecule has 7 heteroatoms. The maximum Gasteiger partial charge on any atom is 0.336 e. The molecule has 1 amide bonds. The van der Waals surface area contributed by atoms with Crippen LogP contribution in [0.2, 0.25) is 0 Å². The highest BCUT2D eigenvalue weighted by atomic mass is 19.1. The molecule has 2 aromatic carbocycles. The lowest BCUT2D eigenvalue weighted by molar-refractivity contribution is -0.143. The second-order valence-corrected chi connectivity index (χ2v) is 6.35. The Hall–Kier alpha value is -3.48. The minimum Gasteiger partial charge on any atom is -0.459 e. The van der Waals surface area contributed by atoms with Crippen LogP contribution in [0.5, 0.6) is 0 Å². The highest BCUT2D eigenvalue weighted by molar-refractivity contribution is 5.96. The first kappa shape index (κ1) is 19.3. The summed E-state index contributed by atoms with van der Waals surface area (Å²) in [5.74, 6) is -2.11. The summed E-state index contributed by atoms with van der Waals surface area (Å²) in [7, 11) is 0. The van der Waals surface area contributed by atoms with Gasteiger partial charge in [-0.3, -0.25) is 9.59 Å². The van der Waals surface area contributed by atoms with E-state index in [0.29, 0.717) is 16.5 Å². The van der Waals surface area contributed by atoms with E-state index in [-0.39, 0.29) is 12.2 Å². The van der Waals surface area contributed by atoms with Gasteiger partial charge in [0.05, 0.1) is 5.56 Å². The van der Waals surface area contributed by atoms with E-state index in [2.05, 4.69) is 5.32 Å². The number of carbonyl (C=O) groups excluding carboxylic acids is 2. The predicted octanol–water partition coefficient (Wildman–Crippen LogP) is 3.02. The monoisotopic (exact) mass is 383 g/mol. The Morgan fingerprint density at radius 2 is 1.82 bits per heavy atom. The van der Waals surface area contributed by atoms with Crippen LogP contribution in [-0.4, -0.2) is 18.4 Å². The third kappa shape index (κ3) is 4.25. The van der Waals surface area contributed by atoms with Crippen molar-refractivity contribution in [2.45, 2.75) is 20.5 Å². The molecule has 0 atom stereocenters. The molecule has 6 nitrogen and oxygen atoms in total. The molecule has 0 aliphatic carbocycles. The van der Waals surface area contributed by atoms with Crippen molar-refractivity contribution in [3.63, 3.8) is 0 Å². The average molecular weight is 383 g/mol. The normalized spacial score (nSPS) is 10.7. The van der Waals surface area contributed by atoms with Crippen molar-refractivity contribution in [3.8, 4) is 0 Å². The molecule has 0 radical (unpaired) electrons. The zero-order valence-corrected chi connectivity index (χ0v) is 15.4. The molecule has 3 aromatic rings. The number of halogens is 1. The molecule has 0 saturated carbocycles. The number of aryl methyl sites for hydroxylation is 2. The van der Waals surface area contributed by atoms with Crippen LogP contribution in [0.3, 0.4) is 0 Å². The first-order valence-corrected chi connectivity index (χ1v) is 8.57. The summed E-state index contributed by atoms with van der Waals surface area (Å²) in [6.07, 6.45) is 0. The number of rotatable bonds is 5. The van der Waals surface area contributed by atoms with Gasteiger partial charge in [-0.15, -0.1) is 0 Å². The molecule has 0 unspecified atom stereocenters. The van der Waals surface area contributed by atoms with E-state index in [1.54, 1.807) is 6.07 Å². The molecule has 1 aromatic heterocycles. The van der Waals surface area contributed by atoms with Crippen molar-refractivity contribution >= 4 is 22.8 Å². The Balaban J connectivity index is 1.66. The van der Waals surface area contributed by atoms with Gasteiger partial charge in [-0.25, -0.2) is 9.18 Å². The van der Waals surface area contributed by atoms with E-state index in [1.165, 1.54) is 24.3 Å². The summed E-state index contributed by atoms with van der Waals surface area (Å²) in [4.78, 5) is 35.6. The van der Waals surface area contributed by atoms with Crippen molar-refractivity contribution in [3.05, 3.63) is 81.0 Å². The Bertz CT molecular complexity index is 1120. The summed E-state index contributed by atoms with van der Waals surface area (Å²) in [5, 5.41) is 2.98. The first-order valence-electron chi connectivity index (χ1n) is 8.57. The van der Waals surface area contributed by atoms with Crippen LogP contribution >= 0.6 is 0 Å². The van der Waals surface area contributed by atoms with E-state index >= 15 is 0 Å². The molecule has 3 rings (SSSR count). The lowest BCUT2D eigenvalue weighted by atomic mass is 10.0. The van der Waals surface area contributed by atoms with Gasteiger partial charge in [0.1, 0.15) is 24.6 Å². The predicted molar refractivity (Wildman–Crippen MR) is 100 cm³/mol. The zero-order valence-electron chi connectivity index (χ0n) is 15.4. The maximum absolute atomic E-state index is 13.6. The first-order chi connectivity index (χ1) is 13.3. The fourth-order valence-corrected chi connectivity index (χ4v) is 2.70. The quantitative estimate of drug-likeness (QED) is 0.541. The molecular formula is C21H18FNO5. The Kier molecular flexibility index (Phi) is 5.54. The summed E-state index contributed by atoms with van der Waals surface area (Å²) in [6, 6.07) is 10.3. The Morgan fingerprint density at radius 1 is 1.11 bits per heavy atom. The van der Waals surface area contributed by atoms with E-state index in [1.807, 2.05) is 19.9 Å². The standard InChI is InChI=1S/C21H18FNO5/c1-12-7-16-14(9-19(24)28-18(16)8-13(12)2)11-27-20(25)10-23-21(26)15-5-3-4-6-17(15)22/h3-9H,10-11H2,1-2H3,(H,23,26).